The highest BCUT2D eigenvalue weighted by Gasteiger charge is 2.44. The lowest BCUT2D eigenvalue weighted by Crippen LogP contribution is -2.23. The Kier molecular flexibility index (Phi) is 2.73. The minimum atomic E-state index is -0.138. The highest BCUT2D eigenvalue weighted by molar-refractivity contribution is 5.69. The lowest BCUT2D eigenvalue weighted by atomic mass is 10.2. The molecule has 12 heavy (non-hydrogen) atoms. The number of carbonyl (C=O) groups is 1. The minimum absolute atomic E-state index is 0.138. The summed E-state index contributed by atoms with van der Waals surface area (Å²) < 4.78 is 4.53. The fourth-order valence-electron chi connectivity index (χ4n) is 1.27. The molecule has 3 heteroatoms. The molecule has 70 valence electrons. The number of hydrogen-bond donors (Lipinski definition) is 1. The number of esters is 1. The average Bonchev–Trinajstić information content (AvgIpc) is 2.59. The van der Waals surface area contributed by atoms with E-state index in [1.807, 2.05) is 0 Å². The van der Waals surface area contributed by atoms with E-state index in [0.29, 0.717) is 17.9 Å². The van der Waals surface area contributed by atoms with E-state index in [2.05, 4.69) is 23.9 Å². The van der Waals surface area contributed by atoms with Crippen molar-refractivity contribution in [3.05, 3.63) is 0 Å². The van der Waals surface area contributed by atoms with Gasteiger partial charge in [-0.2, -0.15) is 0 Å². The van der Waals surface area contributed by atoms with Gasteiger partial charge in [-0.05, 0) is 11.8 Å². The molecular formula is C9H17NO2. The van der Waals surface area contributed by atoms with Crippen LogP contribution in [0, 0.1) is 5.41 Å². The first-order chi connectivity index (χ1) is 5.56. The third-order valence-corrected chi connectivity index (χ3v) is 2.46. The Morgan fingerprint density at radius 2 is 2.25 bits per heavy atom. The van der Waals surface area contributed by atoms with Gasteiger partial charge in [0.05, 0.1) is 13.5 Å². The van der Waals surface area contributed by atoms with Crippen LogP contribution in [0.4, 0.5) is 0 Å². The molecule has 0 spiro atoms. The quantitative estimate of drug-likeness (QED) is 0.640. The van der Waals surface area contributed by atoms with Crippen molar-refractivity contribution < 1.29 is 9.53 Å². The van der Waals surface area contributed by atoms with Crippen molar-refractivity contribution in [1.82, 2.24) is 5.32 Å². The molecule has 0 aromatic carbocycles. The molecular weight excluding hydrogens is 154 g/mol. The zero-order valence-electron chi connectivity index (χ0n) is 8.02. The van der Waals surface area contributed by atoms with Gasteiger partial charge >= 0.3 is 5.97 Å². The topological polar surface area (TPSA) is 38.3 Å². The number of carbonyl (C=O) groups excluding carboxylic acids is 1. The van der Waals surface area contributed by atoms with Gasteiger partial charge in [0.25, 0.3) is 0 Å². The summed E-state index contributed by atoms with van der Waals surface area (Å²) in [5.74, 6) is -0.138. The molecule has 1 rings (SSSR count). The summed E-state index contributed by atoms with van der Waals surface area (Å²) in [6, 6.07) is 0.599. The fraction of sp³-hybridized carbons (Fsp3) is 0.889. The molecule has 0 aromatic rings. The van der Waals surface area contributed by atoms with Gasteiger partial charge in [-0.3, -0.25) is 4.79 Å². The summed E-state index contributed by atoms with van der Waals surface area (Å²) >= 11 is 0. The fourth-order valence-corrected chi connectivity index (χ4v) is 1.27. The summed E-state index contributed by atoms with van der Waals surface area (Å²) in [7, 11) is 1.42. The first-order valence-corrected chi connectivity index (χ1v) is 4.36. The summed E-state index contributed by atoms with van der Waals surface area (Å²) in [5.41, 5.74) is 0.441. The van der Waals surface area contributed by atoms with Crippen LogP contribution < -0.4 is 5.32 Å². The van der Waals surface area contributed by atoms with Crippen molar-refractivity contribution in [2.24, 2.45) is 5.41 Å². The lowest BCUT2D eigenvalue weighted by Gasteiger charge is -2.04. The van der Waals surface area contributed by atoms with E-state index < -0.39 is 0 Å². The third kappa shape index (κ3) is 2.48. The Bertz CT molecular complexity index is 177. The van der Waals surface area contributed by atoms with E-state index in [1.54, 1.807) is 0 Å². The Balaban J connectivity index is 2.01. The average molecular weight is 171 g/mol. The van der Waals surface area contributed by atoms with Gasteiger partial charge in [0, 0.05) is 12.6 Å². The maximum absolute atomic E-state index is 10.7. The first-order valence-electron chi connectivity index (χ1n) is 4.36. The minimum Gasteiger partial charge on any atom is -0.469 e. The molecule has 0 bridgehead atoms. The van der Waals surface area contributed by atoms with E-state index in [-0.39, 0.29) is 5.97 Å². The summed E-state index contributed by atoms with van der Waals surface area (Å²) in [4.78, 5) is 10.7. The van der Waals surface area contributed by atoms with Crippen molar-refractivity contribution >= 4 is 5.97 Å². The number of rotatable bonds is 4. The van der Waals surface area contributed by atoms with Crippen LogP contribution in [0.3, 0.4) is 0 Å². The second-order valence-electron chi connectivity index (χ2n) is 4.03. The number of ether oxygens (including phenoxy) is 1. The molecule has 0 aromatic heterocycles. The van der Waals surface area contributed by atoms with E-state index in [0.717, 1.165) is 6.54 Å². The molecule has 0 aliphatic heterocycles. The summed E-state index contributed by atoms with van der Waals surface area (Å²) in [5, 5.41) is 3.31. The van der Waals surface area contributed by atoms with Crippen LogP contribution in [0.5, 0.6) is 0 Å². The van der Waals surface area contributed by atoms with Crippen molar-refractivity contribution in [1.29, 1.82) is 0 Å². The first kappa shape index (κ1) is 9.52. The van der Waals surface area contributed by atoms with Crippen LogP contribution in [0.2, 0.25) is 0 Å². The van der Waals surface area contributed by atoms with E-state index in [4.69, 9.17) is 0 Å². The normalized spacial score (nSPS) is 25.1. The molecule has 0 heterocycles. The molecule has 1 saturated carbocycles. The molecule has 0 radical (unpaired) electrons. The molecule has 1 atom stereocenters. The highest BCUT2D eigenvalue weighted by atomic mass is 16.5. The molecule has 1 fully saturated rings. The van der Waals surface area contributed by atoms with Gasteiger partial charge in [-0.1, -0.05) is 13.8 Å². The second kappa shape index (κ2) is 3.44. The van der Waals surface area contributed by atoms with Gasteiger partial charge in [0.1, 0.15) is 0 Å². The SMILES string of the molecule is COC(=O)CCNC1CC1(C)C. The molecule has 3 nitrogen and oxygen atoms in total. The van der Waals surface area contributed by atoms with Gasteiger partial charge in [-0.25, -0.2) is 0 Å². The van der Waals surface area contributed by atoms with E-state index >= 15 is 0 Å². The maximum Gasteiger partial charge on any atom is 0.306 e. The predicted molar refractivity (Wildman–Crippen MR) is 46.8 cm³/mol. The maximum atomic E-state index is 10.7. The summed E-state index contributed by atoms with van der Waals surface area (Å²) in [6.45, 7) is 5.19. The molecule has 0 amide bonds. The monoisotopic (exact) mass is 171 g/mol. The number of hydrogen-bond acceptors (Lipinski definition) is 3. The zero-order chi connectivity index (χ0) is 9.19. The van der Waals surface area contributed by atoms with Crippen LogP contribution in [0.25, 0.3) is 0 Å². The Morgan fingerprint density at radius 1 is 1.67 bits per heavy atom. The number of methoxy groups -OCH3 is 1. The van der Waals surface area contributed by atoms with Crippen LogP contribution in [0.1, 0.15) is 26.7 Å². The van der Waals surface area contributed by atoms with Crippen molar-refractivity contribution in [3.8, 4) is 0 Å². The largest absolute Gasteiger partial charge is 0.469 e. The van der Waals surface area contributed by atoms with Crippen molar-refractivity contribution in [2.75, 3.05) is 13.7 Å². The summed E-state index contributed by atoms with van der Waals surface area (Å²) in [6.07, 6.45) is 1.69. The van der Waals surface area contributed by atoms with Crippen LogP contribution >= 0.6 is 0 Å². The molecule has 1 aliphatic rings. The zero-order valence-corrected chi connectivity index (χ0v) is 8.02. The Morgan fingerprint density at radius 3 is 2.67 bits per heavy atom. The van der Waals surface area contributed by atoms with Crippen molar-refractivity contribution in [3.63, 3.8) is 0 Å². The second-order valence-corrected chi connectivity index (χ2v) is 4.03. The third-order valence-electron chi connectivity index (χ3n) is 2.46. The van der Waals surface area contributed by atoms with E-state index in [1.165, 1.54) is 13.5 Å². The molecule has 0 saturated heterocycles. The standard InChI is InChI=1S/C9H17NO2/c1-9(2)6-7(9)10-5-4-8(11)12-3/h7,10H,4-6H2,1-3H3. The Labute approximate surface area is 73.5 Å². The van der Waals surface area contributed by atoms with Gasteiger partial charge in [-0.15, -0.1) is 0 Å². The lowest BCUT2D eigenvalue weighted by molar-refractivity contribution is -0.140. The predicted octanol–water partition coefficient (Wildman–Crippen LogP) is 0.938. The molecule has 1 aliphatic carbocycles. The van der Waals surface area contributed by atoms with Crippen LogP contribution in [-0.4, -0.2) is 25.7 Å². The smallest absolute Gasteiger partial charge is 0.306 e. The van der Waals surface area contributed by atoms with Crippen LogP contribution in [-0.2, 0) is 9.53 Å². The van der Waals surface area contributed by atoms with E-state index in [9.17, 15) is 4.79 Å². The molecule has 1 N–H and O–H groups in total. The number of nitrogens with one attached hydrogen (secondary N) is 1. The van der Waals surface area contributed by atoms with Gasteiger partial charge < -0.3 is 10.1 Å². The highest BCUT2D eigenvalue weighted by Crippen LogP contribution is 2.44. The van der Waals surface area contributed by atoms with Gasteiger partial charge in [0.2, 0.25) is 0 Å². The molecule has 1 unspecified atom stereocenters. The van der Waals surface area contributed by atoms with Crippen LogP contribution in [0.15, 0.2) is 0 Å². The Hall–Kier alpha value is -0.570. The van der Waals surface area contributed by atoms with Gasteiger partial charge in [0.15, 0.2) is 0 Å². The van der Waals surface area contributed by atoms with Crippen molar-refractivity contribution in [2.45, 2.75) is 32.7 Å².